The lowest BCUT2D eigenvalue weighted by Gasteiger charge is -2.19. The molecular weight excluding hydrogens is 258 g/mol. The van der Waals surface area contributed by atoms with Crippen molar-refractivity contribution < 1.29 is 19.1 Å². The molecule has 0 radical (unpaired) electrons. The first kappa shape index (κ1) is 14.4. The van der Waals surface area contributed by atoms with E-state index in [0.717, 1.165) is 12.2 Å². The fourth-order valence-electron chi connectivity index (χ4n) is 1.94. The van der Waals surface area contributed by atoms with Crippen LogP contribution in [0, 0.1) is 5.92 Å². The Bertz CT molecular complexity index is 556. The number of carbonyl (C=O) groups excluding carboxylic acids is 1. The Balaban J connectivity index is 1.94. The van der Waals surface area contributed by atoms with Crippen LogP contribution in [-0.4, -0.2) is 22.5 Å². The van der Waals surface area contributed by atoms with Gasteiger partial charge in [0.1, 0.15) is 17.1 Å². The summed E-state index contributed by atoms with van der Waals surface area (Å²) in [5, 5.41) is 11.3. The minimum absolute atomic E-state index is 0.463. The molecule has 0 bridgehead atoms. The van der Waals surface area contributed by atoms with E-state index in [1.54, 1.807) is 6.08 Å². The van der Waals surface area contributed by atoms with Gasteiger partial charge < -0.3 is 14.8 Å². The highest BCUT2D eigenvalue weighted by atomic mass is 16.4. The van der Waals surface area contributed by atoms with E-state index in [4.69, 9.17) is 9.52 Å². The fraction of sp³-hybridized carbons (Fsp3) is 0.467. The smallest absolute Gasteiger partial charge is 0.328 e. The number of hydrogen-bond donors (Lipinski definition) is 2. The van der Waals surface area contributed by atoms with Gasteiger partial charge in [-0.05, 0) is 44.4 Å². The Hall–Kier alpha value is -2.04. The zero-order valence-electron chi connectivity index (χ0n) is 11.8. The van der Waals surface area contributed by atoms with E-state index in [0.29, 0.717) is 17.6 Å². The van der Waals surface area contributed by atoms with Gasteiger partial charge in [-0.1, -0.05) is 6.92 Å². The van der Waals surface area contributed by atoms with E-state index in [-0.39, 0.29) is 0 Å². The predicted octanol–water partition coefficient (Wildman–Crippen LogP) is 2.40. The number of carboxylic acid groups (broad SMARTS) is 1. The van der Waals surface area contributed by atoms with Crippen molar-refractivity contribution in [3.63, 3.8) is 0 Å². The summed E-state index contributed by atoms with van der Waals surface area (Å²) in [4.78, 5) is 22.5. The van der Waals surface area contributed by atoms with Crippen molar-refractivity contribution >= 4 is 18.0 Å². The van der Waals surface area contributed by atoms with Crippen LogP contribution in [0.3, 0.4) is 0 Å². The predicted molar refractivity (Wildman–Crippen MR) is 74.1 cm³/mol. The molecule has 2 rings (SSSR count). The van der Waals surface area contributed by atoms with E-state index < -0.39 is 17.4 Å². The lowest BCUT2D eigenvalue weighted by molar-refractivity contribution is -0.145. The van der Waals surface area contributed by atoms with Gasteiger partial charge in [0, 0.05) is 12.0 Å². The van der Waals surface area contributed by atoms with Crippen LogP contribution in [-0.2, 0) is 9.59 Å². The molecule has 0 aliphatic heterocycles. The van der Waals surface area contributed by atoms with Gasteiger partial charge in [0.25, 0.3) is 0 Å². The molecule has 20 heavy (non-hydrogen) atoms. The Kier molecular flexibility index (Phi) is 3.70. The van der Waals surface area contributed by atoms with Crippen molar-refractivity contribution in [1.82, 2.24) is 5.32 Å². The highest BCUT2D eigenvalue weighted by Crippen LogP contribution is 2.47. The minimum atomic E-state index is -1.29. The first-order valence-electron chi connectivity index (χ1n) is 6.63. The van der Waals surface area contributed by atoms with Crippen LogP contribution >= 0.6 is 0 Å². The topological polar surface area (TPSA) is 79.5 Å². The van der Waals surface area contributed by atoms with Gasteiger partial charge in [0.15, 0.2) is 0 Å². The molecule has 0 saturated heterocycles. The molecule has 2 N–H and O–H groups in total. The summed E-state index contributed by atoms with van der Waals surface area (Å²) in [5.41, 5.74) is -1.29. The van der Waals surface area contributed by atoms with E-state index in [1.165, 1.54) is 19.9 Å². The number of carboxylic acids is 1. The summed E-state index contributed by atoms with van der Waals surface area (Å²) in [7, 11) is 0. The molecule has 1 saturated carbocycles. The van der Waals surface area contributed by atoms with Crippen LogP contribution in [0.25, 0.3) is 6.08 Å². The van der Waals surface area contributed by atoms with E-state index in [2.05, 4.69) is 12.2 Å². The molecule has 108 valence electrons. The minimum Gasteiger partial charge on any atom is -0.480 e. The number of furan rings is 1. The van der Waals surface area contributed by atoms with Gasteiger partial charge >= 0.3 is 5.97 Å². The van der Waals surface area contributed by atoms with Crippen molar-refractivity contribution in [2.75, 3.05) is 0 Å². The fourth-order valence-corrected chi connectivity index (χ4v) is 1.94. The Morgan fingerprint density at radius 1 is 1.45 bits per heavy atom. The number of rotatable bonds is 5. The number of hydrogen-bond acceptors (Lipinski definition) is 3. The zero-order valence-corrected chi connectivity index (χ0v) is 11.8. The van der Waals surface area contributed by atoms with Gasteiger partial charge in [0.05, 0.1) is 0 Å². The van der Waals surface area contributed by atoms with Gasteiger partial charge in [-0.2, -0.15) is 0 Å². The average molecular weight is 277 g/mol. The van der Waals surface area contributed by atoms with Crippen LogP contribution < -0.4 is 5.32 Å². The van der Waals surface area contributed by atoms with Gasteiger partial charge in [-0.15, -0.1) is 0 Å². The third kappa shape index (κ3) is 3.29. The molecule has 1 aliphatic carbocycles. The highest BCUT2D eigenvalue weighted by molar-refractivity contribution is 5.95. The van der Waals surface area contributed by atoms with E-state index in [1.807, 2.05) is 12.1 Å². The molecule has 2 unspecified atom stereocenters. The maximum absolute atomic E-state index is 11.6. The molecule has 1 fully saturated rings. The zero-order chi connectivity index (χ0) is 14.9. The molecule has 2 atom stereocenters. The lowest BCUT2D eigenvalue weighted by Crippen LogP contribution is -2.49. The maximum atomic E-state index is 11.6. The normalized spacial score (nSPS) is 21.9. The number of aliphatic carboxylic acids is 1. The molecule has 1 aromatic heterocycles. The molecule has 1 heterocycles. The molecule has 5 nitrogen and oxygen atoms in total. The second kappa shape index (κ2) is 5.15. The summed E-state index contributed by atoms with van der Waals surface area (Å²) in [6, 6.07) is 3.74. The summed E-state index contributed by atoms with van der Waals surface area (Å²) in [6.45, 7) is 5.03. The molecular formula is C15H19NO4. The van der Waals surface area contributed by atoms with Crippen molar-refractivity contribution in [3.8, 4) is 0 Å². The number of amides is 1. The second-order valence-corrected chi connectivity index (χ2v) is 5.81. The summed E-state index contributed by atoms with van der Waals surface area (Å²) < 4.78 is 5.62. The van der Waals surface area contributed by atoms with Crippen LogP contribution in [0.15, 0.2) is 22.6 Å². The second-order valence-electron chi connectivity index (χ2n) is 5.81. The monoisotopic (exact) mass is 277 g/mol. The Labute approximate surface area is 117 Å². The number of carbonyl (C=O) groups is 2. The van der Waals surface area contributed by atoms with Crippen LogP contribution in [0.4, 0.5) is 0 Å². The molecule has 1 aliphatic rings. The first-order chi connectivity index (χ1) is 9.29. The highest BCUT2D eigenvalue weighted by Gasteiger charge is 2.36. The molecule has 1 amide bonds. The summed E-state index contributed by atoms with van der Waals surface area (Å²) in [6.07, 6.45) is 3.97. The Morgan fingerprint density at radius 3 is 2.65 bits per heavy atom. The van der Waals surface area contributed by atoms with Gasteiger partial charge in [-0.25, -0.2) is 4.79 Å². The van der Waals surface area contributed by atoms with Crippen molar-refractivity contribution in [2.45, 2.75) is 38.6 Å². The van der Waals surface area contributed by atoms with Crippen LogP contribution in [0.5, 0.6) is 0 Å². The number of nitrogens with one attached hydrogen (secondary N) is 1. The third-order valence-corrected chi connectivity index (χ3v) is 3.49. The quantitative estimate of drug-likeness (QED) is 0.810. The maximum Gasteiger partial charge on any atom is 0.328 e. The van der Waals surface area contributed by atoms with Crippen LogP contribution in [0.2, 0.25) is 0 Å². The van der Waals surface area contributed by atoms with Gasteiger partial charge in [-0.3, -0.25) is 4.79 Å². The average Bonchev–Trinajstić information content (AvgIpc) is 2.90. The van der Waals surface area contributed by atoms with E-state index >= 15 is 0 Å². The standard InChI is InChI=1S/C15H19NO4/c1-9-8-11(9)12-6-4-10(20-12)5-7-13(17)16-15(2,3)14(18)19/h4-7,9,11H,8H2,1-3H3,(H,16,17)(H,18,19)/b7-5+. The molecule has 5 heteroatoms. The lowest BCUT2D eigenvalue weighted by atomic mass is 10.1. The third-order valence-electron chi connectivity index (χ3n) is 3.49. The van der Waals surface area contributed by atoms with Crippen molar-refractivity contribution in [1.29, 1.82) is 0 Å². The van der Waals surface area contributed by atoms with Crippen molar-refractivity contribution in [2.24, 2.45) is 5.92 Å². The van der Waals surface area contributed by atoms with E-state index in [9.17, 15) is 9.59 Å². The summed E-state index contributed by atoms with van der Waals surface area (Å²) >= 11 is 0. The Morgan fingerprint density at radius 2 is 2.10 bits per heavy atom. The molecule has 1 aromatic rings. The summed E-state index contributed by atoms with van der Waals surface area (Å²) in [5.74, 6) is 1.16. The van der Waals surface area contributed by atoms with Gasteiger partial charge in [0.2, 0.25) is 5.91 Å². The van der Waals surface area contributed by atoms with Crippen LogP contribution in [0.1, 0.15) is 44.6 Å². The first-order valence-corrected chi connectivity index (χ1v) is 6.63. The SMILES string of the molecule is CC1CC1c1ccc(/C=C/C(=O)NC(C)(C)C(=O)O)o1. The molecule has 0 aromatic carbocycles. The molecule has 0 spiro atoms. The van der Waals surface area contributed by atoms with Crippen molar-refractivity contribution in [3.05, 3.63) is 29.7 Å². The largest absolute Gasteiger partial charge is 0.480 e.